The topological polar surface area (TPSA) is 158 Å². The van der Waals surface area contributed by atoms with Gasteiger partial charge in [-0.05, 0) is 55.5 Å². The highest BCUT2D eigenvalue weighted by molar-refractivity contribution is 5.98. The van der Waals surface area contributed by atoms with Gasteiger partial charge < -0.3 is 30.7 Å². The van der Waals surface area contributed by atoms with Gasteiger partial charge in [-0.3, -0.25) is 28.9 Å². The van der Waals surface area contributed by atoms with Crippen molar-refractivity contribution in [2.75, 3.05) is 39.3 Å². The van der Waals surface area contributed by atoms with E-state index in [9.17, 15) is 25.3 Å². The molecule has 2 heterocycles. The van der Waals surface area contributed by atoms with Crippen LogP contribution in [0.1, 0.15) is 84.1 Å². The number of carbonyl (C=O) groups is 5. The Morgan fingerprint density at radius 1 is 0.827 bits per heavy atom. The van der Waals surface area contributed by atoms with E-state index in [1.54, 1.807) is 74.5 Å². The Bertz CT molecular complexity index is 2030. The number of amides is 4. The predicted molar refractivity (Wildman–Crippen MR) is 198 cm³/mol. The molecule has 0 bridgehead atoms. The Morgan fingerprint density at radius 3 is 2.00 bits per heavy atom. The van der Waals surface area contributed by atoms with Gasteiger partial charge in [-0.25, -0.2) is 0 Å². The molecule has 284 valence electrons. The lowest BCUT2D eigenvalue weighted by atomic mass is 9.93. The molecule has 4 N–H and O–H groups in total. The van der Waals surface area contributed by atoms with E-state index >= 15 is 0 Å². The van der Waals surface area contributed by atoms with E-state index in [0.717, 1.165) is 12.5 Å². The quantitative estimate of drug-likeness (QED) is 0.151. The molecule has 0 saturated carbocycles. The third-order valence-corrected chi connectivity index (χ3v) is 8.23. The summed E-state index contributed by atoms with van der Waals surface area (Å²) in [5.41, 5.74) is -1.29. The molecule has 5 atom stereocenters. The van der Waals surface area contributed by atoms with Crippen LogP contribution in [-0.4, -0.2) is 103 Å². The van der Waals surface area contributed by atoms with Crippen LogP contribution >= 0.6 is 0 Å². The van der Waals surface area contributed by atoms with Gasteiger partial charge in [0.25, 0.3) is 0 Å². The van der Waals surface area contributed by atoms with Crippen molar-refractivity contribution in [3.8, 4) is 0 Å². The molecule has 2 aromatic carbocycles. The number of hydrogen-bond acceptors (Lipinski definition) is 8. The minimum atomic E-state index is -3.68. The first-order valence-corrected chi connectivity index (χ1v) is 17.1. The molecule has 0 aromatic heterocycles. The van der Waals surface area contributed by atoms with Gasteiger partial charge in [0, 0.05) is 34.5 Å². The van der Waals surface area contributed by atoms with Gasteiger partial charge in [0.2, 0.25) is 23.6 Å². The van der Waals surface area contributed by atoms with Gasteiger partial charge in [0.05, 0.1) is 36.4 Å². The number of Topliss-reactive ketones (excluding diaryl/α,β-unsaturated/α-hetero) is 1. The highest BCUT2D eigenvalue weighted by atomic mass is 16.6. The molecule has 0 aliphatic carbocycles. The average Bonchev–Trinajstić information content (AvgIpc) is 3.73. The number of nitrogens with one attached hydrogen (secondary N) is 4. The van der Waals surface area contributed by atoms with Gasteiger partial charge >= 0.3 is 0 Å². The first-order chi connectivity index (χ1) is 30.2. The SMILES string of the molecule is [2H]C1([2H])COCC([2H])([2H])N1CC(=O)N[C@@H](CCc1ccccc1)C(=O)N[C@@H](CC(C)C)C(=O)N[C@@H](Cc1ccccc1)C(=O)N[C@]([2H])(CC([2H])(C([2H])([2H])[2H])C([2H])([2H])[2H])C(=O)[C@]1(C)OC1([2H])[2H]. The molecular formula is C40H57N5O7. The zero-order valence-corrected chi connectivity index (χ0v) is 29.5. The second kappa shape index (κ2) is 19.6. The van der Waals surface area contributed by atoms with Crippen molar-refractivity contribution in [2.45, 2.75) is 96.3 Å². The maximum absolute atomic E-state index is 14.4. The molecule has 2 aliphatic rings. The third kappa shape index (κ3) is 13.1. The van der Waals surface area contributed by atoms with Crippen molar-refractivity contribution < 1.29 is 52.6 Å². The number of ketones is 1. The molecule has 4 amide bonds. The Hall–Kier alpha value is -4.13. The van der Waals surface area contributed by atoms with Crippen LogP contribution in [0.15, 0.2) is 60.7 Å². The van der Waals surface area contributed by atoms with Crippen molar-refractivity contribution in [3.05, 3.63) is 71.8 Å². The second-order valence-electron chi connectivity index (χ2n) is 13.2. The van der Waals surface area contributed by atoms with Crippen molar-refractivity contribution in [2.24, 2.45) is 11.8 Å². The molecule has 52 heavy (non-hydrogen) atoms. The predicted octanol–water partition coefficient (Wildman–Crippen LogP) is 2.58. The standard InChI is InChI=1S/C40H57N5O7/c1-27(2)22-32(36(47)40(5)26-52-40)42-39(50)34(24-30-14-10-7-11-15-30)44-38(49)33(23-28(3)4)43-37(48)31(17-16-29-12-8-6-9-13-29)41-35(46)25-45-18-20-51-21-19-45/h6-15,27-28,31-34H,16-26H2,1-5H3,(H,41,46)(H,42,50)(H,43,48)(H,44,49)/t31-,32+,33-,34-,40+/m0/s1/i1D3,2D3,18D2,19D2,26D2,27D,32D. The minimum Gasteiger partial charge on any atom is -0.379 e. The van der Waals surface area contributed by atoms with Gasteiger partial charge in [-0.15, -0.1) is 0 Å². The van der Waals surface area contributed by atoms with E-state index in [1.807, 2.05) is 5.32 Å². The number of benzene rings is 2. The van der Waals surface area contributed by atoms with E-state index < -0.39 is 124 Å². The molecule has 0 spiro atoms. The fourth-order valence-corrected chi connectivity index (χ4v) is 5.43. The molecule has 12 heteroatoms. The van der Waals surface area contributed by atoms with Crippen LogP contribution in [-0.2, 0) is 46.3 Å². The van der Waals surface area contributed by atoms with Crippen molar-refractivity contribution in [3.63, 3.8) is 0 Å². The first kappa shape index (κ1) is 25.0. The van der Waals surface area contributed by atoms with E-state index in [4.69, 9.17) is 27.3 Å². The molecule has 12 nitrogen and oxygen atoms in total. The lowest BCUT2D eigenvalue weighted by Crippen LogP contribution is -2.59. The summed E-state index contributed by atoms with van der Waals surface area (Å²) in [6.45, 7) is -12.3. The van der Waals surface area contributed by atoms with Crippen LogP contribution in [0.3, 0.4) is 0 Å². The maximum atomic E-state index is 14.4. The molecular weight excluding hydrogens is 662 g/mol. The van der Waals surface area contributed by atoms with Crippen LogP contribution in [0, 0.1) is 11.8 Å². The number of hydrogen-bond donors (Lipinski definition) is 4. The highest BCUT2D eigenvalue weighted by Gasteiger charge is 2.50. The second-order valence-corrected chi connectivity index (χ2v) is 13.2. The number of rotatable bonds is 20. The fourth-order valence-electron chi connectivity index (χ4n) is 5.43. The Kier molecular flexibility index (Phi) is 9.44. The molecule has 2 aromatic rings. The molecule has 0 unspecified atom stereocenters. The minimum absolute atomic E-state index is 0.0380. The first-order valence-electron chi connectivity index (χ1n) is 24.1. The summed E-state index contributed by atoms with van der Waals surface area (Å²) < 4.78 is 124. The summed E-state index contributed by atoms with van der Waals surface area (Å²) in [6, 6.07) is 8.95. The number of morpholine rings is 1. The number of nitrogens with zero attached hydrogens (tertiary/aromatic N) is 1. The lowest BCUT2D eigenvalue weighted by molar-refractivity contribution is -0.135. The van der Waals surface area contributed by atoms with Gasteiger partial charge in [0.1, 0.15) is 23.7 Å². The van der Waals surface area contributed by atoms with E-state index in [1.165, 1.54) is 0 Å². The zero-order chi connectivity index (χ0) is 49.9. The molecule has 2 aliphatic heterocycles. The summed E-state index contributed by atoms with van der Waals surface area (Å²) in [7, 11) is 0. The zero-order valence-electron chi connectivity index (χ0n) is 43.5. The summed E-state index contributed by atoms with van der Waals surface area (Å²) in [5.74, 6) is -9.58. The third-order valence-electron chi connectivity index (χ3n) is 8.23. The Morgan fingerprint density at radius 2 is 1.40 bits per heavy atom. The smallest absolute Gasteiger partial charge is 0.243 e. The van der Waals surface area contributed by atoms with Crippen molar-refractivity contribution in [1.29, 1.82) is 0 Å². The van der Waals surface area contributed by atoms with E-state index in [-0.39, 0.29) is 31.6 Å². The Balaban J connectivity index is 1.67. The monoisotopic (exact) mass is 734 g/mol. The summed E-state index contributed by atoms with van der Waals surface area (Å²) in [5, 5.41) is 9.73. The molecule has 0 radical (unpaired) electrons. The molecule has 4 rings (SSSR count). The summed E-state index contributed by atoms with van der Waals surface area (Å²) >= 11 is 0. The van der Waals surface area contributed by atoms with E-state index in [2.05, 4.69) is 16.0 Å². The van der Waals surface area contributed by atoms with Crippen LogP contribution in [0.4, 0.5) is 0 Å². The fraction of sp³-hybridized carbons (Fsp3) is 0.575. The molecule has 2 saturated heterocycles. The van der Waals surface area contributed by atoms with Gasteiger partial charge in [-0.2, -0.15) is 0 Å². The number of carbonyl (C=O) groups excluding carboxylic acids is 5. The highest BCUT2D eigenvalue weighted by Crippen LogP contribution is 2.29. The normalized spacial score (nSPS) is 27.8. The largest absolute Gasteiger partial charge is 0.379 e. The summed E-state index contributed by atoms with van der Waals surface area (Å²) in [6.07, 6.45) is -1.91. The average molecular weight is 734 g/mol. The summed E-state index contributed by atoms with van der Waals surface area (Å²) in [4.78, 5) is 71.1. The van der Waals surface area contributed by atoms with Crippen LogP contribution < -0.4 is 21.3 Å². The van der Waals surface area contributed by atoms with E-state index in [0.29, 0.717) is 10.5 Å². The van der Waals surface area contributed by atoms with Crippen LogP contribution in [0.25, 0.3) is 0 Å². The van der Waals surface area contributed by atoms with Crippen molar-refractivity contribution in [1.82, 2.24) is 26.2 Å². The van der Waals surface area contributed by atoms with Gasteiger partial charge in [0.15, 0.2) is 5.78 Å². The Labute approximate surface area is 327 Å². The maximum Gasteiger partial charge on any atom is 0.243 e. The van der Waals surface area contributed by atoms with Gasteiger partial charge in [-0.1, -0.05) is 88.2 Å². The van der Waals surface area contributed by atoms with Crippen LogP contribution in [0.2, 0.25) is 0 Å². The molecule has 2 fully saturated rings. The van der Waals surface area contributed by atoms with Crippen LogP contribution in [0.5, 0.6) is 0 Å². The van der Waals surface area contributed by atoms with Crippen molar-refractivity contribution >= 4 is 29.4 Å². The number of ether oxygens (including phenoxy) is 2. The number of epoxide rings is 1. The number of aryl methyl sites for hydroxylation is 1. The lowest BCUT2D eigenvalue weighted by Gasteiger charge is -2.29.